The smallest absolute Gasteiger partial charge is 0.159 e. The Morgan fingerprint density at radius 1 is 0.837 bits per heavy atom. The van der Waals surface area contributed by atoms with Crippen molar-refractivity contribution in [3.63, 3.8) is 0 Å². The van der Waals surface area contributed by atoms with E-state index < -0.39 is 0 Å². The number of rotatable bonds is 5. The van der Waals surface area contributed by atoms with Crippen LogP contribution in [-0.2, 0) is 5.41 Å². The highest BCUT2D eigenvalue weighted by Gasteiger charge is 2.23. The summed E-state index contributed by atoms with van der Waals surface area (Å²) in [5.74, 6) is 1.16. The lowest BCUT2D eigenvalue weighted by Gasteiger charge is -2.20. The maximum Gasteiger partial charge on any atom is 0.159 e. The first-order valence-corrected chi connectivity index (χ1v) is 17.9. The van der Waals surface area contributed by atoms with Gasteiger partial charge in [0, 0.05) is 36.5 Å². The standard InChI is InChI=1S/C44H40N4S/c1-28(46-43(31-19-12-7-13-20-31)47-42(45)30-17-10-6-11-18-30)48-37-25-23-32(44(2,3)4)27-36(37)34-24-26-38-39(40(34)48)35-22-14-21-33(41(35)49-38)29-15-8-5-9-16-29/h5-10,12-17,19-28H,11,18H2,1-4H3,(H2,45,46,47). The van der Waals surface area contributed by atoms with Crippen LogP contribution in [0.3, 0.4) is 0 Å². The van der Waals surface area contributed by atoms with Crippen molar-refractivity contribution in [2.45, 2.75) is 52.1 Å². The fourth-order valence-electron chi connectivity index (χ4n) is 7.11. The topological polar surface area (TPSA) is 55.7 Å². The van der Waals surface area contributed by atoms with Gasteiger partial charge in [0.15, 0.2) is 5.84 Å². The third-order valence-corrected chi connectivity index (χ3v) is 10.9. The minimum Gasteiger partial charge on any atom is -0.383 e. The van der Waals surface area contributed by atoms with Crippen LogP contribution in [0.2, 0.25) is 0 Å². The Hall–Kier alpha value is -5.26. The first kappa shape index (κ1) is 31.0. The van der Waals surface area contributed by atoms with E-state index in [1.165, 1.54) is 53.2 Å². The second kappa shape index (κ2) is 12.3. The molecule has 0 saturated carbocycles. The van der Waals surface area contributed by atoms with Gasteiger partial charge in [-0.05, 0) is 65.6 Å². The van der Waals surface area contributed by atoms with Crippen LogP contribution in [0, 0.1) is 0 Å². The zero-order valence-electron chi connectivity index (χ0n) is 28.4. The highest BCUT2D eigenvalue weighted by molar-refractivity contribution is 7.26. The zero-order valence-corrected chi connectivity index (χ0v) is 29.3. The fraction of sp³-hybridized carbons (Fsp3) is 0.182. The molecule has 1 aliphatic rings. The summed E-state index contributed by atoms with van der Waals surface area (Å²) in [6.45, 7) is 9.02. The van der Waals surface area contributed by atoms with Crippen molar-refractivity contribution >= 4 is 65.0 Å². The molecule has 2 N–H and O–H groups in total. The minimum absolute atomic E-state index is 0.0197. The molecule has 2 heterocycles. The van der Waals surface area contributed by atoms with Gasteiger partial charge in [-0.2, -0.15) is 0 Å². The molecule has 1 aliphatic carbocycles. The third kappa shape index (κ3) is 5.58. The van der Waals surface area contributed by atoms with E-state index in [2.05, 4.69) is 141 Å². The van der Waals surface area contributed by atoms with Crippen molar-refractivity contribution in [3.05, 3.63) is 144 Å². The largest absolute Gasteiger partial charge is 0.383 e. The van der Waals surface area contributed by atoms with Crippen molar-refractivity contribution in [3.8, 4) is 11.1 Å². The van der Waals surface area contributed by atoms with Crippen molar-refractivity contribution in [1.82, 2.24) is 4.57 Å². The predicted molar refractivity (Wildman–Crippen MR) is 212 cm³/mol. The Morgan fingerprint density at radius 3 is 2.35 bits per heavy atom. The Kier molecular flexibility index (Phi) is 7.80. The van der Waals surface area contributed by atoms with Crippen LogP contribution in [0.4, 0.5) is 0 Å². The molecule has 1 unspecified atom stereocenters. The molecule has 1 atom stereocenters. The molecule has 0 radical (unpaired) electrons. The van der Waals surface area contributed by atoms with Crippen LogP contribution in [0.5, 0.6) is 0 Å². The number of thiophene rings is 1. The maximum atomic E-state index is 6.67. The predicted octanol–water partition coefficient (Wildman–Crippen LogP) is 11.7. The SMILES string of the molecule is CC(/N=C(\N=C(N)C1=CC=CCC1)c1ccccc1)n1c2ccc(C(C)(C)C)cc2c2ccc3sc4c(-c5ccccc5)cccc4c3c21. The van der Waals surface area contributed by atoms with E-state index in [1.807, 2.05) is 29.5 Å². The monoisotopic (exact) mass is 656 g/mol. The number of hydrogen-bond acceptors (Lipinski definition) is 2. The van der Waals surface area contributed by atoms with Gasteiger partial charge in [0.25, 0.3) is 0 Å². The minimum atomic E-state index is -0.273. The molecule has 8 rings (SSSR count). The van der Waals surface area contributed by atoms with Gasteiger partial charge < -0.3 is 10.3 Å². The molecule has 49 heavy (non-hydrogen) atoms. The summed E-state index contributed by atoms with van der Waals surface area (Å²) >= 11 is 1.87. The molecular weight excluding hydrogens is 617 g/mol. The number of allylic oxidation sites excluding steroid dienone is 3. The van der Waals surface area contributed by atoms with Crippen molar-refractivity contribution < 1.29 is 0 Å². The summed E-state index contributed by atoms with van der Waals surface area (Å²) in [6.07, 6.45) is 7.86. The number of aliphatic imine (C=N–C) groups is 2. The Morgan fingerprint density at radius 2 is 1.61 bits per heavy atom. The Labute approximate surface area is 291 Å². The van der Waals surface area contributed by atoms with Crippen molar-refractivity contribution in [2.75, 3.05) is 0 Å². The molecule has 5 aromatic carbocycles. The van der Waals surface area contributed by atoms with Gasteiger partial charge in [-0.3, -0.25) is 0 Å². The fourth-order valence-corrected chi connectivity index (χ4v) is 8.35. The Bertz CT molecular complexity index is 2490. The molecule has 5 heteroatoms. The average molecular weight is 657 g/mol. The molecule has 0 saturated heterocycles. The average Bonchev–Trinajstić information content (AvgIpc) is 3.67. The van der Waals surface area contributed by atoms with Crippen LogP contribution in [0.15, 0.2) is 143 Å². The zero-order chi connectivity index (χ0) is 33.7. The first-order chi connectivity index (χ1) is 23.8. The summed E-state index contributed by atoms with van der Waals surface area (Å²) in [7, 11) is 0. The van der Waals surface area contributed by atoms with Gasteiger partial charge in [0.05, 0.1) is 11.0 Å². The normalized spacial score (nSPS) is 15.1. The van der Waals surface area contributed by atoms with Gasteiger partial charge in [0.2, 0.25) is 0 Å². The molecule has 4 nitrogen and oxygen atoms in total. The molecule has 7 aromatic rings. The van der Waals surface area contributed by atoms with Crippen LogP contribution >= 0.6 is 11.3 Å². The third-order valence-electron chi connectivity index (χ3n) is 9.66. The van der Waals surface area contributed by atoms with Gasteiger partial charge in [-0.1, -0.05) is 130 Å². The highest BCUT2D eigenvalue weighted by atomic mass is 32.1. The van der Waals surface area contributed by atoms with E-state index in [4.69, 9.17) is 15.7 Å². The van der Waals surface area contributed by atoms with Gasteiger partial charge in [-0.15, -0.1) is 11.3 Å². The second-order valence-electron chi connectivity index (χ2n) is 13.9. The van der Waals surface area contributed by atoms with Gasteiger partial charge in [-0.25, -0.2) is 9.98 Å². The second-order valence-corrected chi connectivity index (χ2v) is 15.0. The Balaban J connectivity index is 1.42. The summed E-state index contributed by atoms with van der Waals surface area (Å²) in [5, 5.41) is 5.03. The number of nitrogens with two attached hydrogens (primary N) is 1. The molecule has 2 aromatic heterocycles. The van der Waals surface area contributed by atoms with Crippen molar-refractivity contribution in [2.24, 2.45) is 15.7 Å². The maximum absolute atomic E-state index is 6.67. The van der Waals surface area contributed by atoms with E-state index in [1.54, 1.807) is 0 Å². The van der Waals surface area contributed by atoms with E-state index in [0.29, 0.717) is 11.7 Å². The number of amidine groups is 2. The molecule has 242 valence electrons. The van der Waals surface area contributed by atoms with Crippen LogP contribution in [0.25, 0.3) is 53.1 Å². The number of hydrogen-bond donors (Lipinski definition) is 1. The lowest BCUT2D eigenvalue weighted by atomic mass is 9.86. The highest BCUT2D eigenvalue weighted by Crippen LogP contribution is 2.46. The number of nitrogens with zero attached hydrogens (tertiary/aromatic N) is 3. The molecule has 0 fully saturated rings. The van der Waals surface area contributed by atoms with E-state index in [9.17, 15) is 0 Å². The number of fused-ring (bicyclic) bond motifs is 7. The first-order valence-electron chi connectivity index (χ1n) is 17.1. The van der Waals surface area contributed by atoms with E-state index in [0.717, 1.165) is 29.5 Å². The molecule has 0 amide bonds. The van der Waals surface area contributed by atoms with Gasteiger partial charge in [0.1, 0.15) is 12.0 Å². The quantitative estimate of drug-likeness (QED) is 0.145. The molecule has 0 spiro atoms. The summed E-state index contributed by atoms with van der Waals surface area (Å²) in [5.41, 5.74) is 14.9. The number of aromatic nitrogens is 1. The number of benzene rings is 5. The molecule has 0 aliphatic heterocycles. The molecular formula is C44H40N4S. The summed E-state index contributed by atoms with van der Waals surface area (Å²) in [4.78, 5) is 10.4. The van der Waals surface area contributed by atoms with Crippen LogP contribution in [-0.4, -0.2) is 16.2 Å². The molecule has 0 bridgehead atoms. The van der Waals surface area contributed by atoms with Gasteiger partial charge >= 0.3 is 0 Å². The lowest BCUT2D eigenvalue weighted by molar-refractivity contribution is 0.590. The summed E-state index contributed by atoms with van der Waals surface area (Å²) in [6, 6.07) is 39.2. The van der Waals surface area contributed by atoms with Crippen LogP contribution < -0.4 is 5.73 Å². The van der Waals surface area contributed by atoms with Crippen molar-refractivity contribution in [1.29, 1.82) is 0 Å². The summed E-state index contributed by atoms with van der Waals surface area (Å²) < 4.78 is 5.00. The van der Waals surface area contributed by atoms with E-state index >= 15 is 0 Å². The van der Waals surface area contributed by atoms with E-state index in [-0.39, 0.29) is 11.6 Å². The van der Waals surface area contributed by atoms with Crippen LogP contribution in [0.1, 0.15) is 57.8 Å². The lowest BCUT2D eigenvalue weighted by Crippen LogP contribution is -2.19.